The second kappa shape index (κ2) is 27.4. The molecule has 0 spiro atoms. The van der Waals surface area contributed by atoms with Crippen molar-refractivity contribution in [1.29, 1.82) is 0 Å². The van der Waals surface area contributed by atoms with Gasteiger partial charge in [-0.1, -0.05) is 243 Å². The summed E-state index contributed by atoms with van der Waals surface area (Å²) in [5, 5.41) is 9.98. The normalized spacial score (nSPS) is 13.5. The Morgan fingerprint density at radius 2 is 0.357 bits per heavy atom. The summed E-state index contributed by atoms with van der Waals surface area (Å²) in [5.74, 6) is 0. The van der Waals surface area contributed by atoms with Crippen LogP contribution < -0.4 is 41.5 Å². The monoisotopic (exact) mass is 1290 g/mol. The molecule has 0 unspecified atom stereocenters. The molecule has 0 fully saturated rings. The van der Waals surface area contributed by atoms with Crippen LogP contribution in [0.15, 0.2) is 243 Å². The van der Waals surface area contributed by atoms with Crippen LogP contribution in [-0.2, 0) is 24.7 Å². The van der Waals surface area contributed by atoms with Gasteiger partial charge in [-0.3, -0.25) is 0 Å². The second-order valence-corrected chi connectivity index (χ2v) is 67.5. The molecule has 0 bridgehead atoms. The van der Waals surface area contributed by atoms with Crippen molar-refractivity contribution in [2.45, 2.75) is 128 Å². The summed E-state index contributed by atoms with van der Waals surface area (Å²) in [5.41, 5.74) is 0. The highest BCUT2D eigenvalue weighted by Gasteiger charge is 2.56. The van der Waals surface area contributed by atoms with Gasteiger partial charge in [0.25, 0.3) is 16.6 Å². The Hall–Kier alpha value is -4.31. The molecule has 442 valence electrons. The molecule has 0 saturated heterocycles. The molecule has 0 atom stereocenters. The average molecular weight is 1290 g/mol. The van der Waals surface area contributed by atoms with Gasteiger partial charge in [0.2, 0.25) is 8.32 Å². The Balaban J connectivity index is 1.14. The lowest BCUT2D eigenvalue weighted by atomic mass is 10.3. The molecule has 0 aliphatic heterocycles. The Morgan fingerprint density at radius 1 is 0.190 bits per heavy atom. The van der Waals surface area contributed by atoms with Crippen molar-refractivity contribution in [2.75, 3.05) is 0 Å². The molecule has 84 heavy (non-hydrogen) atoms. The molecular formula is C68H94O6Si10. The molecule has 6 nitrogen and oxygen atoms in total. The minimum atomic E-state index is -3.74. The van der Waals surface area contributed by atoms with Crippen LogP contribution >= 0.6 is 0 Å². The first-order chi connectivity index (χ1) is 39.7. The van der Waals surface area contributed by atoms with Crippen molar-refractivity contribution < 1.29 is 24.7 Å². The molecule has 0 amide bonds. The number of hydrogen-bond donors (Lipinski definition) is 0. The molecule has 0 N–H and O–H groups in total. The lowest BCUT2D eigenvalue weighted by molar-refractivity contribution is 0.268. The molecule has 0 saturated carbocycles. The highest BCUT2D eigenvalue weighted by molar-refractivity contribution is 7.11. The Bertz CT molecular complexity index is 2920. The average Bonchev–Trinajstić information content (AvgIpc) is 2.34. The van der Waals surface area contributed by atoms with E-state index >= 15 is 0 Å². The van der Waals surface area contributed by atoms with Crippen molar-refractivity contribution in [3.05, 3.63) is 243 Å². The molecule has 0 aromatic heterocycles. The Morgan fingerprint density at radius 3 is 0.571 bits per heavy atom. The van der Waals surface area contributed by atoms with Gasteiger partial charge in [-0.25, -0.2) is 0 Å². The number of benzene rings is 8. The predicted molar refractivity (Wildman–Crippen MR) is 384 cm³/mol. The van der Waals surface area contributed by atoms with Crippen LogP contribution in [0.5, 0.6) is 0 Å². The molecule has 8 aromatic rings. The standard InChI is InChI=1S/C68H94O6Si10/c1-75(2,69-81(13,14)61-39-23-15-24-40-61)55-58-78(7,8)72-84(68-53-37-22-38-54-68,73-79(9,10)59-56-76(3,4)70-82(62-41-25-16-26-42-62,63-43-27-17-28-44-63)64-45-29-18-30-46-64)74-80(11,12)60-57-77(5,6)71-83(65-47-31-19-32-48-65,66-49-33-20-34-50-66)67-51-35-21-36-52-67/h15-54H,55-60H2,1-14H3. The summed E-state index contributed by atoms with van der Waals surface area (Å²) in [6.45, 7) is 33.8. The summed E-state index contributed by atoms with van der Waals surface area (Å²) in [7, 11) is -27.0. The van der Waals surface area contributed by atoms with E-state index in [0.717, 1.165) is 41.5 Å². The topological polar surface area (TPSA) is 55.4 Å². The van der Waals surface area contributed by atoms with Crippen LogP contribution in [0.4, 0.5) is 0 Å². The van der Waals surface area contributed by atoms with Crippen molar-refractivity contribution in [3.63, 3.8) is 0 Å². The molecule has 8 aromatic carbocycles. The molecule has 0 aliphatic carbocycles. The highest BCUT2D eigenvalue weighted by Crippen LogP contribution is 2.36. The van der Waals surface area contributed by atoms with Gasteiger partial charge in [0, 0.05) is 5.19 Å². The smallest absolute Gasteiger partial charge is 0.452 e. The summed E-state index contributed by atoms with van der Waals surface area (Å²) in [6, 6.07) is 93.6. The van der Waals surface area contributed by atoms with E-state index in [1.165, 1.54) is 36.3 Å². The highest BCUT2D eigenvalue weighted by atomic mass is 28.5. The minimum absolute atomic E-state index is 0.902. The van der Waals surface area contributed by atoms with Crippen molar-refractivity contribution in [2.24, 2.45) is 0 Å². The molecule has 0 aliphatic rings. The van der Waals surface area contributed by atoms with Gasteiger partial charge in [-0.2, -0.15) is 0 Å². The third-order valence-electron chi connectivity index (χ3n) is 16.3. The van der Waals surface area contributed by atoms with Crippen LogP contribution in [0.1, 0.15) is 0 Å². The first-order valence-corrected chi connectivity index (χ1v) is 57.5. The van der Waals surface area contributed by atoms with Crippen molar-refractivity contribution in [3.8, 4) is 0 Å². The van der Waals surface area contributed by atoms with Crippen molar-refractivity contribution >= 4 is 125 Å². The predicted octanol–water partition coefficient (Wildman–Crippen LogP) is 13.6. The zero-order valence-corrected chi connectivity index (χ0v) is 62.8. The second-order valence-electron chi connectivity index (χ2n) is 27.0. The van der Waals surface area contributed by atoms with Crippen LogP contribution in [0.2, 0.25) is 128 Å². The Kier molecular flexibility index (Phi) is 21.4. The van der Waals surface area contributed by atoms with Crippen LogP contribution in [0.25, 0.3) is 0 Å². The zero-order valence-electron chi connectivity index (χ0n) is 52.8. The van der Waals surface area contributed by atoms with Gasteiger partial charge in [0.1, 0.15) is 0 Å². The fourth-order valence-electron chi connectivity index (χ4n) is 11.9. The van der Waals surface area contributed by atoms with E-state index in [4.69, 9.17) is 24.7 Å². The fourth-order valence-corrected chi connectivity index (χ4v) is 63.6. The first kappa shape index (κ1) is 65.7. The maximum atomic E-state index is 8.17. The third-order valence-corrected chi connectivity index (χ3v) is 57.1. The van der Waals surface area contributed by atoms with Gasteiger partial charge < -0.3 is 24.7 Å². The number of rotatable bonds is 29. The van der Waals surface area contributed by atoms with Gasteiger partial charge in [0.15, 0.2) is 49.9 Å². The van der Waals surface area contributed by atoms with Gasteiger partial charge in [-0.15, -0.1) is 0 Å². The van der Waals surface area contributed by atoms with Crippen LogP contribution in [-0.4, -0.2) is 83.7 Å². The maximum absolute atomic E-state index is 8.17. The molecular weight excluding hydrogens is 1190 g/mol. The van der Waals surface area contributed by atoms with E-state index in [1.807, 2.05) is 0 Å². The molecule has 8 rings (SSSR count). The largest absolute Gasteiger partial charge is 0.505 e. The maximum Gasteiger partial charge on any atom is 0.505 e. The fraction of sp³-hybridized carbons (Fsp3) is 0.294. The lowest BCUT2D eigenvalue weighted by Gasteiger charge is -2.46. The quantitative estimate of drug-likeness (QED) is 0.0344. The van der Waals surface area contributed by atoms with Crippen molar-refractivity contribution in [1.82, 2.24) is 0 Å². The van der Waals surface area contributed by atoms with Gasteiger partial charge in [-0.05, 0) is 164 Å². The van der Waals surface area contributed by atoms with Crippen LogP contribution in [0, 0.1) is 0 Å². The SMILES string of the molecule is C[Si](C)(CC[Si](C)(C)O[Si](O[Si](C)(C)CC[Si](C)(C)O[Si](c1ccccc1)(c1ccccc1)c1ccccc1)(O[Si](C)(C)CC[Si](C)(C)O[Si](c1ccccc1)(c1ccccc1)c1ccccc1)c1ccccc1)O[Si](C)(C)c1ccccc1. The summed E-state index contributed by atoms with van der Waals surface area (Å²) >= 11 is 0. The van der Waals surface area contributed by atoms with E-state index in [-0.39, 0.29) is 0 Å². The molecule has 0 heterocycles. The summed E-state index contributed by atoms with van der Waals surface area (Å²) in [4.78, 5) is 0. The summed E-state index contributed by atoms with van der Waals surface area (Å²) < 4.78 is 47.9. The van der Waals surface area contributed by atoms with E-state index in [0.29, 0.717) is 0 Å². The molecule has 16 heteroatoms. The summed E-state index contributed by atoms with van der Waals surface area (Å²) in [6.07, 6.45) is 0. The van der Waals surface area contributed by atoms with Crippen LogP contribution in [0.3, 0.4) is 0 Å². The first-order valence-electron chi connectivity index (χ1n) is 30.4. The molecule has 0 radical (unpaired) electrons. The van der Waals surface area contributed by atoms with Gasteiger partial charge in [0.05, 0.1) is 0 Å². The Labute approximate surface area is 516 Å². The number of hydrogen-bond acceptors (Lipinski definition) is 6. The van der Waals surface area contributed by atoms with Gasteiger partial charge >= 0.3 is 8.80 Å². The lowest BCUT2D eigenvalue weighted by Crippen LogP contribution is -2.72. The van der Waals surface area contributed by atoms with E-state index in [1.54, 1.807) is 0 Å². The third kappa shape index (κ3) is 16.8. The minimum Gasteiger partial charge on any atom is -0.452 e. The van der Waals surface area contributed by atoms with E-state index < -0.39 is 83.7 Å². The van der Waals surface area contributed by atoms with E-state index in [2.05, 4.69) is 334 Å². The zero-order chi connectivity index (χ0) is 60.4. The van der Waals surface area contributed by atoms with E-state index in [9.17, 15) is 0 Å².